The summed E-state index contributed by atoms with van der Waals surface area (Å²) < 4.78 is 1.36. The molecule has 3 rings (SSSR count). The molecule has 8 nitrogen and oxygen atoms in total. The van der Waals surface area contributed by atoms with Gasteiger partial charge in [-0.2, -0.15) is 0 Å². The number of H-pyrrole nitrogens is 1. The third kappa shape index (κ3) is 6.38. The first kappa shape index (κ1) is 25.7. The molecule has 2 aromatic rings. The van der Waals surface area contributed by atoms with E-state index in [1.54, 1.807) is 0 Å². The molecule has 1 saturated carbocycles. The molecule has 1 heterocycles. The van der Waals surface area contributed by atoms with E-state index in [9.17, 15) is 14.4 Å². The van der Waals surface area contributed by atoms with E-state index >= 15 is 0 Å². The Hall–Kier alpha value is -2.87. The maximum Gasteiger partial charge on any atom is 0.330 e. The van der Waals surface area contributed by atoms with Gasteiger partial charge >= 0.3 is 5.69 Å². The zero-order valence-electron chi connectivity index (χ0n) is 21.1. The number of nitrogens with two attached hydrogens (primary N) is 1. The zero-order valence-corrected chi connectivity index (χ0v) is 21.1. The van der Waals surface area contributed by atoms with Gasteiger partial charge in [-0.3, -0.25) is 24.0 Å². The minimum atomic E-state index is -0.624. The van der Waals surface area contributed by atoms with Crippen molar-refractivity contribution in [1.82, 2.24) is 14.5 Å². The third-order valence-electron chi connectivity index (χ3n) is 6.24. The summed E-state index contributed by atoms with van der Waals surface area (Å²) in [5, 5.41) is 0. The number of benzene rings is 1. The molecular weight excluding hydrogens is 430 g/mol. The van der Waals surface area contributed by atoms with Gasteiger partial charge in [0.1, 0.15) is 5.82 Å². The first-order valence-electron chi connectivity index (χ1n) is 12.3. The number of aromatic nitrogens is 2. The van der Waals surface area contributed by atoms with Gasteiger partial charge in [0.15, 0.2) is 5.69 Å². The minimum Gasteiger partial charge on any atom is -0.383 e. The first-order valence-corrected chi connectivity index (χ1v) is 12.3. The molecule has 1 unspecified atom stereocenters. The van der Waals surface area contributed by atoms with Crippen molar-refractivity contribution in [2.75, 3.05) is 30.3 Å². The van der Waals surface area contributed by atoms with Crippen molar-refractivity contribution in [2.45, 2.75) is 60.0 Å². The second-order valence-corrected chi connectivity index (χ2v) is 10.4. The summed E-state index contributed by atoms with van der Waals surface area (Å²) in [7, 11) is 0. The van der Waals surface area contributed by atoms with E-state index in [-0.39, 0.29) is 41.8 Å². The number of nitrogens with zero attached hydrogens (tertiary/aromatic N) is 3. The smallest absolute Gasteiger partial charge is 0.330 e. The largest absolute Gasteiger partial charge is 0.383 e. The molecule has 0 aliphatic heterocycles. The highest BCUT2D eigenvalue weighted by Gasteiger charge is 2.31. The van der Waals surface area contributed by atoms with Gasteiger partial charge < -0.3 is 10.6 Å². The molecule has 0 saturated heterocycles. The molecule has 1 aliphatic rings. The van der Waals surface area contributed by atoms with Crippen LogP contribution in [-0.4, -0.2) is 40.0 Å². The summed E-state index contributed by atoms with van der Waals surface area (Å²) in [6.07, 6.45) is 2.35. The van der Waals surface area contributed by atoms with Crippen LogP contribution in [-0.2, 0) is 11.3 Å². The van der Waals surface area contributed by atoms with E-state index in [1.165, 1.54) is 22.3 Å². The molecular formula is C26H39N5O3. The Kier molecular flexibility index (Phi) is 8.36. The lowest BCUT2D eigenvalue weighted by atomic mass is 10.1. The number of anilines is 2. The quantitative estimate of drug-likeness (QED) is 0.526. The minimum absolute atomic E-state index is 0.0429. The van der Waals surface area contributed by atoms with Crippen molar-refractivity contribution in [3.63, 3.8) is 0 Å². The Bertz CT molecular complexity index is 1090. The summed E-state index contributed by atoms with van der Waals surface area (Å²) in [5.74, 6) is 0.703. The van der Waals surface area contributed by atoms with Crippen LogP contribution in [0.1, 0.15) is 59.1 Å². The fourth-order valence-electron chi connectivity index (χ4n) is 4.26. The van der Waals surface area contributed by atoms with E-state index < -0.39 is 11.2 Å². The summed E-state index contributed by atoms with van der Waals surface area (Å²) in [6, 6.07) is 10.2. The predicted octanol–water partition coefficient (Wildman–Crippen LogP) is 3.24. The van der Waals surface area contributed by atoms with Crippen LogP contribution in [0.4, 0.5) is 11.5 Å². The molecule has 8 heteroatoms. The average Bonchev–Trinajstić information content (AvgIpc) is 3.59. The number of rotatable bonds is 11. The van der Waals surface area contributed by atoms with E-state index in [0.717, 1.165) is 12.1 Å². The van der Waals surface area contributed by atoms with Crippen LogP contribution >= 0.6 is 0 Å². The van der Waals surface area contributed by atoms with E-state index in [2.05, 4.69) is 28.9 Å². The number of aromatic amines is 1. The monoisotopic (exact) mass is 469 g/mol. The topological polar surface area (TPSA) is 104 Å². The highest BCUT2D eigenvalue weighted by Crippen LogP contribution is 2.33. The maximum absolute atomic E-state index is 13.7. The molecule has 0 radical (unpaired) electrons. The fourth-order valence-corrected chi connectivity index (χ4v) is 4.26. The van der Waals surface area contributed by atoms with Crippen molar-refractivity contribution >= 4 is 17.4 Å². The molecule has 186 valence electrons. The van der Waals surface area contributed by atoms with Gasteiger partial charge in [0.2, 0.25) is 5.91 Å². The summed E-state index contributed by atoms with van der Waals surface area (Å²) in [4.78, 5) is 45.1. The standard InChI is InChI=1S/C26H39N5O3/c1-17(2)13-30(23-24(27)31(14-18(3)4)26(34)28-25(23)33)22(32)16-29(15-20-11-12-20)19(5)21-9-7-6-8-10-21/h6-10,17-20H,11-16,27H2,1-5H3,(H,28,33,34). The van der Waals surface area contributed by atoms with Gasteiger partial charge in [-0.25, -0.2) is 4.79 Å². The van der Waals surface area contributed by atoms with Gasteiger partial charge in [-0.05, 0) is 43.1 Å². The normalized spacial score (nSPS) is 14.7. The van der Waals surface area contributed by atoms with Gasteiger partial charge in [0.25, 0.3) is 5.56 Å². The Labute approximate surface area is 201 Å². The summed E-state index contributed by atoms with van der Waals surface area (Å²) >= 11 is 0. The molecule has 0 bridgehead atoms. The van der Waals surface area contributed by atoms with Crippen LogP contribution in [0.5, 0.6) is 0 Å². The SMILES string of the molecule is CC(C)CN(C(=O)CN(CC1CC1)C(C)c1ccccc1)c1c(N)n(CC(C)C)c(=O)[nH]c1=O. The lowest BCUT2D eigenvalue weighted by Crippen LogP contribution is -2.47. The Morgan fingerprint density at radius 3 is 2.29 bits per heavy atom. The van der Waals surface area contributed by atoms with Gasteiger partial charge in [0.05, 0.1) is 6.54 Å². The molecule has 1 aliphatic carbocycles. The van der Waals surface area contributed by atoms with Gasteiger partial charge in [-0.15, -0.1) is 0 Å². The molecule has 34 heavy (non-hydrogen) atoms. The number of hydrogen-bond donors (Lipinski definition) is 2. The Morgan fingerprint density at radius 2 is 1.74 bits per heavy atom. The number of carbonyl (C=O) groups excluding carboxylic acids is 1. The molecule has 1 aromatic heterocycles. The van der Waals surface area contributed by atoms with Crippen LogP contribution in [0.25, 0.3) is 0 Å². The molecule has 1 atom stereocenters. The highest BCUT2D eigenvalue weighted by atomic mass is 16.2. The summed E-state index contributed by atoms with van der Waals surface area (Å²) in [6.45, 7) is 11.7. The lowest BCUT2D eigenvalue weighted by molar-refractivity contribution is -0.120. The van der Waals surface area contributed by atoms with Gasteiger partial charge in [0, 0.05) is 25.7 Å². The van der Waals surface area contributed by atoms with Crippen LogP contribution in [0, 0.1) is 17.8 Å². The van der Waals surface area contributed by atoms with Crippen molar-refractivity contribution in [2.24, 2.45) is 17.8 Å². The molecule has 0 spiro atoms. The molecule has 1 amide bonds. The second kappa shape index (κ2) is 11.0. The Balaban J connectivity index is 1.96. The summed E-state index contributed by atoms with van der Waals surface area (Å²) in [5.41, 5.74) is 6.40. The zero-order chi connectivity index (χ0) is 25.0. The molecule has 1 fully saturated rings. The number of hydrogen-bond acceptors (Lipinski definition) is 5. The van der Waals surface area contributed by atoms with E-state index in [1.807, 2.05) is 45.9 Å². The highest BCUT2D eigenvalue weighted by molar-refractivity contribution is 5.96. The molecule has 1 aromatic carbocycles. The first-order chi connectivity index (χ1) is 16.1. The van der Waals surface area contributed by atoms with Crippen LogP contribution < -0.4 is 21.9 Å². The maximum atomic E-state index is 13.7. The Morgan fingerprint density at radius 1 is 1.09 bits per heavy atom. The molecule has 3 N–H and O–H groups in total. The number of nitrogen functional groups attached to an aromatic ring is 1. The fraction of sp³-hybridized carbons (Fsp3) is 0.577. The van der Waals surface area contributed by atoms with Crippen molar-refractivity contribution in [1.29, 1.82) is 0 Å². The van der Waals surface area contributed by atoms with Gasteiger partial charge in [-0.1, -0.05) is 58.0 Å². The third-order valence-corrected chi connectivity index (χ3v) is 6.24. The van der Waals surface area contributed by atoms with Crippen LogP contribution in [0.2, 0.25) is 0 Å². The lowest BCUT2D eigenvalue weighted by Gasteiger charge is -2.32. The number of nitrogens with one attached hydrogen (secondary N) is 1. The average molecular weight is 470 g/mol. The van der Waals surface area contributed by atoms with E-state index in [0.29, 0.717) is 19.0 Å². The van der Waals surface area contributed by atoms with Crippen LogP contribution in [0.15, 0.2) is 39.9 Å². The second-order valence-electron chi connectivity index (χ2n) is 10.4. The van der Waals surface area contributed by atoms with Crippen molar-refractivity contribution in [3.05, 3.63) is 56.7 Å². The van der Waals surface area contributed by atoms with E-state index in [4.69, 9.17) is 5.73 Å². The predicted molar refractivity (Wildman–Crippen MR) is 137 cm³/mol. The number of carbonyl (C=O) groups is 1. The van der Waals surface area contributed by atoms with Crippen LogP contribution in [0.3, 0.4) is 0 Å². The number of amides is 1. The van der Waals surface area contributed by atoms with Crippen molar-refractivity contribution in [3.8, 4) is 0 Å². The van der Waals surface area contributed by atoms with Crippen molar-refractivity contribution < 1.29 is 4.79 Å².